The number of piperidine rings is 1. The van der Waals surface area contributed by atoms with E-state index in [1.165, 1.54) is 24.0 Å². The molecule has 0 radical (unpaired) electrons. The Bertz CT molecular complexity index is 664. The molecule has 1 aliphatic carbocycles. The standard InChI is InChI=1S/C20H22BrNO/c21-18-7-5-17(6-8-18)20(23)9-11-22(12-10-20)19-13-15-3-1-2-4-16(15)14-19/h1-8,19,23H,9-14H2/p+1. The molecule has 0 spiro atoms. The van der Waals surface area contributed by atoms with Crippen LogP contribution < -0.4 is 4.90 Å². The van der Waals surface area contributed by atoms with Crippen molar-refractivity contribution in [2.45, 2.75) is 37.3 Å². The molecular weight excluding hydrogens is 350 g/mol. The Hall–Kier alpha value is -1.16. The Labute approximate surface area is 146 Å². The molecule has 2 N–H and O–H groups in total. The monoisotopic (exact) mass is 372 g/mol. The molecular formula is C20H23BrNO+. The third-order valence-corrected chi connectivity index (χ3v) is 6.26. The van der Waals surface area contributed by atoms with Crippen molar-refractivity contribution in [3.63, 3.8) is 0 Å². The SMILES string of the molecule is OC1(c2ccc(Br)cc2)CC[NH+](C2Cc3ccccc3C2)CC1. The summed E-state index contributed by atoms with van der Waals surface area (Å²) in [4.78, 5) is 1.67. The lowest BCUT2D eigenvalue weighted by atomic mass is 9.84. The predicted molar refractivity (Wildman–Crippen MR) is 95.6 cm³/mol. The Morgan fingerprint density at radius 2 is 1.48 bits per heavy atom. The molecule has 0 saturated carbocycles. The van der Waals surface area contributed by atoms with E-state index in [0.717, 1.165) is 36.0 Å². The van der Waals surface area contributed by atoms with Crippen LogP contribution in [0.1, 0.15) is 29.5 Å². The molecule has 1 saturated heterocycles. The van der Waals surface area contributed by atoms with Crippen LogP contribution >= 0.6 is 15.9 Å². The van der Waals surface area contributed by atoms with Gasteiger partial charge in [0.15, 0.2) is 0 Å². The van der Waals surface area contributed by atoms with Gasteiger partial charge in [-0.1, -0.05) is 52.3 Å². The van der Waals surface area contributed by atoms with E-state index >= 15 is 0 Å². The Balaban J connectivity index is 1.43. The van der Waals surface area contributed by atoms with Crippen LogP contribution in [0.3, 0.4) is 0 Å². The van der Waals surface area contributed by atoms with E-state index in [0.29, 0.717) is 6.04 Å². The van der Waals surface area contributed by atoms with Crippen LogP contribution in [0, 0.1) is 0 Å². The zero-order chi connectivity index (χ0) is 15.9. The molecule has 2 aromatic carbocycles. The summed E-state index contributed by atoms with van der Waals surface area (Å²) in [7, 11) is 0. The van der Waals surface area contributed by atoms with Crippen molar-refractivity contribution in [2.75, 3.05) is 13.1 Å². The van der Waals surface area contributed by atoms with E-state index in [9.17, 15) is 5.11 Å². The summed E-state index contributed by atoms with van der Waals surface area (Å²) in [5.74, 6) is 0. The van der Waals surface area contributed by atoms with Crippen LogP contribution in [0.15, 0.2) is 53.0 Å². The molecule has 23 heavy (non-hydrogen) atoms. The minimum atomic E-state index is -0.643. The summed E-state index contributed by atoms with van der Waals surface area (Å²) in [6, 6.07) is 17.7. The van der Waals surface area contributed by atoms with Gasteiger partial charge in [0.1, 0.15) is 5.60 Å². The minimum Gasteiger partial charge on any atom is -0.385 e. The topological polar surface area (TPSA) is 24.7 Å². The zero-order valence-corrected chi connectivity index (χ0v) is 14.8. The second-order valence-electron chi connectivity index (χ2n) is 7.07. The normalized spacial score (nSPS) is 27.8. The predicted octanol–water partition coefficient (Wildman–Crippen LogP) is 2.48. The summed E-state index contributed by atoms with van der Waals surface area (Å²) in [5.41, 5.74) is 3.47. The van der Waals surface area contributed by atoms with Crippen LogP contribution in [-0.4, -0.2) is 24.2 Å². The van der Waals surface area contributed by atoms with Crippen LogP contribution in [0.25, 0.3) is 0 Å². The van der Waals surface area contributed by atoms with Gasteiger partial charge in [-0.15, -0.1) is 0 Å². The van der Waals surface area contributed by atoms with Crippen molar-refractivity contribution in [3.8, 4) is 0 Å². The molecule has 3 heteroatoms. The highest BCUT2D eigenvalue weighted by Gasteiger charge is 2.39. The average Bonchev–Trinajstić information content (AvgIpc) is 3.00. The van der Waals surface area contributed by atoms with Crippen molar-refractivity contribution in [1.82, 2.24) is 0 Å². The van der Waals surface area contributed by atoms with E-state index in [4.69, 9.17) is 0 Å². The van der Waals surface area contributed by atoms with Gasteiger partial charge >= 0.3 is 0 Å². The van der Waals surface area contributed by atoms with Gasteiger partial charge in [-0.2, -0.15) is 0 Å². The maximum absolute atomic E-state index is 11.0. The average molecular weight is 373 g/mol. The molecule has 1 fully saturated rings. The number of likely N-dealkylation sites (tertiary alicyclic amines) is 1. The molecule has 0 aromatic heterocycles. The van der Waals surface area contributed by atoms with Gasteiger partial charge in [-0.05, 0) is 28.8 Å². The first-order valence-electron chi connectivity index (χ1n) is 8.54. The first-order chi connectivity index (χ1) is 11.1. The molecule has 2 aliphatic rings. The van der Waals surface area contributed by atoms with Crippen molar-refractivity contribution in [1.29, 1.82) is 0 Å². The Kier molecular flexibility index (Phi) is 4.04. The maximum atomic E-state index is 11.0. The van der Waals surface area contributed by atoms with E-state index in [-0.39, 0.29) is 0 Å². The number of quaternary nitrogens is 1. The number of hydrogen-bond acceptors (Lipinski definition) is 1. The van der Waals surface area contributed by atoms with Gasteiger partial charge in [0, 0.05) is 30.2 Å². The third kappa shape index (κ3) is 2.98. The van der Waals surface area contributed by atoms with Crippen LogP contribution in [0.5, 0.6) is 0 Å². The van der Waals surface area contributed by atoms with E-state index in [1.807, 2.05) is 12.1 Å². The zero-order valence-electron chi connectivity index (χ0n) is 13.3. The summed E-state index contributed by atoms with van der Waals surface area (Å²) >= 11 is 3.47. The fourth-order valence-electron chi connectivity index (χ4n) is 4.29. The molecule has 0 atom stereocenters. The molecule has 2 nitrogen and oxygen atoms in total. The van der Waals surface area contributed by atoms with Gasteiger partial charge in [0.05, 0.1) is 19.1 Å². The number of nitrogens with one attached hydrogen (secondary N) is 1. The molecule has 1 heterocycles. The summed E-state index contributed by atoms with van der Waals surface area (Å²) in [6.07, 6.45) is 4.11. The molecule has 0 amide bonds. The minimum absolute atomic E-state index is 0.643. The fourth-order valence-corrected chi connectivity index (χ4v) is 4.55. The fraction of sp³-hybridized carbons (Fsp3) is 0.400. The van der Waals surface area contributed by atoms with E-state index in [2.05, 4.69) is 52.3 Å². The third-order valence-electron chi connectivity index (χ3n) is 5.73. The number of benzene rings is 2. The highest BCUT2D eigenvalue weighted by atomic mass is 79.9. The molecule has 0 unspecified atom stereocenters. The number of hydrogen-bond donors (Lipinski definition) is 2. The van der Waals surface area contributed by atoms with E-state index < -0.39 is 5.60 Å². The van der Waals surface area contributed by atoms with Crippen molar-refractivity contribution < 1.29 is 10.0 Å². The van der Waals surface area contributed by atoms with Crippen LogP contribution in [0.2, 0.25) is 0 Å². The molecule has 4 rings (SSSR count). The van der Waals surface area contributed by atoms with E-state index in [1.54, 1.807) is 4.90 Å². The second kappa shape index (κ2) is 6.04. The summed E-state index contributed by atoms with van der Waals surface area (Å²) < 4.78 is 1.07. The largest absolute Gasteiger partial charge is 0.385 e. The highest BCUT2D eigenvalue weighted by Crippen LogP contribution is 2.31. The van der Waals surface area contributed by atoms with Gasteiger partial charge in [-0.3, -0.25) is 0 Å². The van der Waals surface area contributed by atoms with Gasteiger partial charge < -0.3 is 10.0 Å². The number of halogens is 1. The summed E-state index contributed by atoms with van der Waals surface area (Å²) in [5, 5.41) is 11.0. The Morgan fingerprint density at radius 1 is 0.913 bits per heavy atom. The molecule has 120 valence electrons. The molecule has 2 aromatic rings. The number of aliphatic hydroxyl groups is 1. The lowest BCUT2D eigenvalue weighted by molar-refractivity contribution is -0.931. The van der Waals surface area contributed by atoms with Crippen LogP contribution in [0.4, 0.5) is 0 Å². The highest BCUT2D eigenvalue weighted by molar-refractivity contribution is 9.10. The first kappa shape index (κ1) is 15.4. The van der Waals surface area contributed by atoms with Crippen molar-refractivity contribution >= 4 is 15.9 Å². The molecule has 1 aliphatic heterocycles. The van der Waals surface area contributed by atoms with Gasteiger partial charge in [0.25, 0.3) is 0 Å². The molecule has 0 bridgehead atoms. The quantitative estimate of drug-likeness (QED) is 0.831. The smallest absolute Gasteiger partial charge is 0.100 e. The van der Waals surface area contributed by atoms with Gasteiger partial charge in [0.2, 0.25) is 0 Å². The number of rotatable bonds is 2. The lowest BCUT2D eigenvalue weighted by Gasteiger charge is -2.38. The van der Waals surface area contributed by atoms with Gasteiger partial charge in [-0.25, -0.2) is 0 Å². The lowest BCUT2D eigenvalue weighted by Crippen LogP contribution is -3.17. The van der Waals surface area contributed by atoms with Crippen LogP contribution in [-0.2, 0) is 18.4 Å². The van der Waals surface area contributed by atoms with Crippen molar-refractivity contribution in [3.05, 3.63) is 69.7 Å². The Morgan fingerprint density at radius 3 is 2.04 bits per heavy atom. The first-order valence-corrected chi connectivity index (χ1v) is 9.33. The maximum Gasteiger partial charge on any atom is 0.100 e. The summed E-state index contributed by atoms with van der Waals surface area (Å²) in [6.45, 7) is 2.12. The second-order valence-corrected chi connectivity index (χ2v) is 7.99. The van der Waals surface area contributed by atoms with Crippen molar-refractivity contribution in [2.24, 2.45) is 0 Å². The number of fused-ring (bicyclic) bond motifs is 1.